The van der Waals surface area contributed by atoms with E-state index in [1.54, 1.807) is 0 Å². The fourth-order valence-electron chi connectivity index (χ4n) is 1.20. The summed E-state index contributed by atoms with van der Waals surface area (Å²) in [6.07, 6.45) is 2.97. The van der Waals surface area contributed by atoms with Gasteiger partial charge in [-0.25, -0.2) is 0 Å². The summed E-state index contributed by atoms with van der Waals surface area (Å²) in [5.41, 5.74) is 1.79. The first kappa shape index (κ1) is 10.5. The quantitative estimate of drug-likeness (QED) is 0.659. The topological polar surface area (TPSA) is 23.8 Å². The third kappa shape index (κ3) is 3.06. The summed E-state index contributed by atoms with van der Waals surface area (Å²) in [4.78, 5) is 0. The summed E-state index contributed by atoms with van der Waals surface area (Å²) >= 11 is 0. The molecule has 0 aromatic heterocycles. The predicted molar refractivity (Wildman–Crippen MR) is 59.5 cm³/mol. The predicted octanol–water partition coefficient (Wildman–Crippen LogP) is 3.64. The van der Waals surface area contributed by atoms with Crippen molar-refractivity contribution >= 4 is 5.57 Å². The van der Waals surface area contributed by atoms with Gasteiger partial charge >= 0.3 is 0 Å². The van der Waals surface area contributed by atoms with Gasteiger partial charge in [0.15, 0.2) is 0 Å². The Kier molecular flexibility index (Phi) is 3.94. The first-order chi connectivity index (χ1) is 6.74. The van der Waals surface area contributed by atoms with Crippen LogP contribution in [-0.2, 0) is 0 Å². The molecule has 0 amide bonds. The summed E-state index contributed by atoms with van der Waals surface area (Å²) in [6, 6.07) is 12.0. The first-order valence-electron chi connectivity index (χ1n) is 4.89. The van der Waals surface area contributed by atoms with Gasteiger partial charge in [0.2, 0.25) is 0 Å². The van der Waals surface area contributed by atoms with Crippen molar-refractivity contribution in [2.75, 3.05) is 0 Å². The van der Waals surface area contributed by atoms with E-state index in [0.717, 1.165) is 17.6 Å². The Hall–Kier alpha value is -1.55. The lowest BCUT2D eigenvalue weighted by Crippen LogP contribution is -1.85. The van der Waals surface area contributed by atoms with Gasteiger partial charge in [0.1, 0.15) is 0 Å². The Morgan fingerprint density at radius 3 is 2.50 bits per heavy atom. The summed E-state index contributed by atoms with van der Waals surface area (Å²) in [6.45, 7) is 4.30. The molecule has 0 spiro atoms. The van der Waals surface area contributed by atoms with Crippen LogP contribution in [-0.4, -0.2) is 0 Å². The zero-order valence-electron chi connectivity index (χ0n) is 8.70. The smallest absolute Gasteiger partial charge is 0.0994 e. The summed E-state index contributed by atoms with van der Waals surface area (Å²) in [5, 5.41) is 8.97. The van der Waals surface area contributed by atoms with Gasteiger partial charge in [-0.05, 0) is 17.9 Å². The van der Waals surface area contributed by atoms with Gasteiger partial charge in [-0.3, -0.25) is 0 Å². The van der Waals surface area contributed by atoms with Crippen LogP contribution < -0.4 is 0 Å². The van der Waals surface area contributed by atoms with Gasteiger partial charge in [0.25, 0.3) is 0 Å². The SMILES string of the molecule is CC(C)C/C=C(\C#N)c1ccccc1. The molecule has 1 heteroatoms. The molecule has 72 valence electrons. The maximum atomic E-state index is 8.97. The Balaban J connectivity index is 2.84. The molecular weight excluding hydrogens is 170 g/mol. The largest absolute Gasteiger partial charge is 0.192 e. The van der Waals surface area contributed by atoms with E-state index in [0.29, 0.717) is 5.92 Å². The molecule has 0 atom stereocenters. The standard InChI is InChI=1S/C13H15N/c1-11(2)8-9-13(10-14)12-6-4-3-5-7-12/h3-7,9,11H,8H2,1-2H3/b13-9+. The third-order valence-corrected chi connectivity index (χ3v) is 2.00. The zero-order valence-corrected chi connectivity index (χ0v) is 8.70. The minimum Gasteiger partial charge on any atom is -0.192 e. The van der Waals surface area contributed by atoms with Gasteiger partial charge in [-0.1, -0.05) is 50.3 Å². The number of rotatable bonds is 3. The maximum absolute atomic E-state index is 8.97. The highest BCUT2D eigenvalue weighted by atomic mass is 14.2. The maximum Gasteiger partial charge on any atom is 0.0994 e. The zero-order chi connectivity index (χ0) is 10.4. The third-order valence-electron chi connectivity index (χ3n) is 2.00. The van der Waals surface area contributed by atoms with E-state index >= 15 is 0 Å². The van der Waals surface area contributed by atoms with Gasteiger partial charge < -0.3 is 0 Å². The van der Waals surface area contributed by atoms with Crippen LogP contribution in [0, 0.1) is 17.2 Å². The summed E-state index contributed by atoms with van der Waals surface area (Å²) in [7, 11) is 0. The van der Waals surface area contributed by atoms with Crippen molar-refractivity contribution in [1.82, 2.24) is 0 Å². The van der Waals surface area contributed by atoms with Crippen LogP contribution in [0.25, 0.3) is 5.57 Å². The van der Waals surface area contributed by atoms with Gasteiger partial charge in [-0.15, -0.1) is 0 Å². The lowest BCUT2D eigenvalue weighted by Gasteiger charge is -2.01. The molecule has 0 heterocycles. The van der Waals surface area contributed by atoms with Crippen LogP contribution in [0.5, 0.6) is 0 Å². The van der Waals surface area contributed by atoms with Crippen molar-refractivity contribution in [3.8, 4) is 6.07 Å². The molecular formula is C13H15N. The molecule has 1 aromatic carbocycles. The van der Waals surface area contributed by atoms with Crippen LogP contribution >= 0.6 is 0 Å². The van der Waals surface area contributed by atoms with Crippen LogP contribution in [0.4, 0.5) is 0 Å². The number of hydrogen-bond acceptors (Lipinski definition) is 1. The van der Waals surface area contributed by atoms with Crippen molar-refractivity contribution in [2.45, 2.75) is 20.3 Å². The monoisotopic (exact) mass is 185 g/mol. The summed E-state index contributed by atoms with van der Waals surface area (Å²) in [5.74, 6) is 0.599. The van der Waals surface area contributed by atoms with E-state index < -0.39 is 0 Å². The first-order valence-corrected chi connectivity index (χ1v) is 4.89. The highest BCUT2D eigenvalue weighted by molar-refractivity contribution is 5.76. The van der Waals surface area contributed by atoms with Crippen molar-refractivity contribution in [3.05, 3.63) is 42.0 Å². The van der Waals surface area contributed by atoms with E-state index in [1.165, 1.54) is 0 Å². The van der Waals surface area contributed by atoms with Gasteiger partial charge in [0, 0.05) is 0 Å². The van der Waals surface area contributed by atoms with E-state index in [-0.39, 0.29) is 0 Å². The normalized spacial score (nSPS) is 11.4. The fourth-order valence-corrected chi connectivity index (χ4v) is 1.20. The molecule has 1 nitrogen and oxygen atoms in total. The Bertz CT molecular complexity index is 341. The number of nitriles is 1. The van der Waals surface area contributed by atoms with E-state index in [4.69, 9.17) is 5.26 Å². The number of hydrogen-bond donors (Lipinski definition) is 0. The molecule has 0 N–H and O–H groups in total. The van der Waals surface area contributed by atoms with Crippen LogP contribution in [0.15, 0.2) is 36.4 Å². The van der Waals surface area contributed by atoms with Gasteiger partial charge in [0.05, 0.1) is 11.6 Å². The average molecular weight is 185 g/mol. The van der Waals surface area contributed by atoms with E-state index in [1.807, 2.05) is 36.4 Å². The van der Waals surface area contributed by atoms with E-state index in [2.05, 4.69) is 19.9 Å². The molecule has 0 saturated heterocycles. The minimum atomic E-state index is 0.599. The van der Waals surface area contributed by atoms with Gasteiger partial charge in [-0.2, -0.15) is 5.26 Å². The molecule has 0 radical (unpaired) electrons. The highest BCUT2D eigenvalue weighted by Gasteiger charge is 1.99. The molecule has 0 bridgehead atoms. The number of benzene rings is 1. The molecule has 0 aliphatic heterocycles. The molecule has 0 saturated carbocycles. The van der Waals surface area contributed by atoms with Crippen LogP contribution in [0.2, 0.25) is 0 Å². The second-order valence-electron chi connectivity index (χ2n) is 3.73. The lowest BCUT2D eigenvalue weighted by atomic mass is 10.0. The lowest BCUT2D eigenvalue weighted by molar-refractivity contribution is 0.664. The van der Waals surface area contributed by atoms with Crippen molar-refractivity contribution in [1.29, 1.82) is 5.26 Å². The van der Waals surface area contributed by atoms with Crippen LogP contribution in [0.3, 0.4) is 0 Å². The van der Waals surface area contributed by atoms with Crippen LogP contribution in [0.1, 0.15) is 25.8 Å². The minimum absolute atomic E-state index is 0.599. The van der Waals surface area contributed by atoms with E-state index in [9.17, 15) is 0 Å². The second-order valence-corrected chi connectivity index (χ2v) is 3.73. The summed E-state index contributed by atoms with van der Waals surface area (Å²) < 4.78 is 0. The fraction of sp³-hybridized carbons (Fsp3) is 0.308. The Morgan fingerprint density at radius 1 is 1.36 bits per heavy atom. The molecule has 0 unspecified atom stereocenters. The second kappa shape index (κ2) is 5.24. The highest BCUT2D eigenvalue weighted by Crippen LogP contribution is 2.15. The molecule has 0 aliphatic rings. The number of nitrogens with zero attached hydrogens (tertiary/aromatic N) is 1. The molecule has 14 heavy (non-hydrogen) atoms. The van der Waals surface area contributed by atoms with Crippen molar-refractivity contribution in [3.63, 3.8) is 0 Å². The Labute approximate surface area is 85.7 Å². The Morgan fingerprint density at radius 2 is 2.00 bits per heavy atom. The molecule has 1 aromatic rings. The molecule has 0 aliphatic carbocycles. The molecule has 0 fully saturated rings. The van der Waals surface area contributed by atoms with Crippen molar-refractivity contribution in [2.24, 2.45) is 5.92 Å². The van der Waals surface area contributed by atoms with Crippen molar-refractivity contribution < 1.29 is 0 Å². The number of allylic oxidation sites excluding steroid dienone is 2. The average Bonchev–Trinajstić information content (AvgIpc) is 2.20. The molecule has 1 rings (SSSR count).